The van der Waals surface area contributed by atoms with Gasteiger partial charge in [0.1, 0.15) is 0 Å². The van der Waals surface area contributed by atoms with Gasteiger partial charge >= 0.3 is 0 Å². The van der Waals surface area contributed by atoms with E-state index in [2.05, 4.69) is 23.3 Å². The number of piperidine rings is 3. The van der Waals surface area contributed by atoms with Crippen LogP contribution in [-0.2, 0) is 0 Å². The third-order valence-corrected chi connectivity index (χ3v) is 5.10. The van der Waals surface area contributed by atoms with Crippen LogP contribution in [0.4, 0.5) is 0 Å². The number of hydrogen-bond donors (Lipinski definition) is 0. The molecule has 0 radical (unpaired) electrons. The van der Waals surface area contributed by atoms with Gasteiger partial charge in [0.25, 0.3) is 0 Å². The Morgan fingerprint density at radius 1 is 1.37 bits per heavy atom. The van der Waals surface area contributed by atoms with E-state index in [1.165, 1.54) is 31.6 Å². The standard InChI is InChI=1S/C15H21ClN2O/c1-10-7-13(15(19)8-16)11(2)18(10)14-9-17-5-3-12(14)4-6-17/h7,12,14H,3-6,8-9H2,1-2H3. The summed E-state index contributed by atoms with van der Waals surface area (Å²) in [5.74, 6) is 0.890. The lowest BCUT2D eigenvalue weighted by molar-refractivity contribution is 0.0554. The fourth-order valence-electron chi connectivity index (χ4n) is 3.87. The van der Waals surface area contributed by atoms with Gasteiger partial charge in [0.2, 0.25) is 0 Å². The van der Waals surface area contributed by atoms with E-state index in [1.807, 2.05) is 6.07 Å². The van der Waals surface area contributed by atoms with Crippen LogP contribution < -0.4 is 0 Å². The molecular weight excluding hydrogens is 260 g/mol. The molecule has 1 unspecified atom stereocenters. The van der Waals surface area contributed by atoms with Crippen molar-refractivity contribution in [1.82, 2.24) is 9.47 Å². The van der Waals surface area contributed by atoms with Crippen LogP contribution in [0, 0.1) is 19.8 Å². The molecule has 1 aromatic heterocycles. The van der Waals surface area contributed by atoms with Gasteiger partial charge in [-0.2, -0.15) is 0 Å². The van der Waals surface area contributed by atoms with Gasteiger partial charge in [-0.05, 0) is 51.8 Å². The van der Waals surface area contributed by atoms with Crippen molar-refractivity contribution in [2.24, 2.45) is 5.92 Å². The van der Waals surface area contributed by atoms with Crippen molar-refractivity contribution in [2.75, 3.05) is 25.5 Å². The lowest BCUT2D eigenvalue weighted by atomic mass is 9.83. The Bertz CT molecular complexity index is 500. The quantitative estimate of drug-likeness (QED) is 0.628. The topological polar surface area (TPSA) is 25.2 Å². The van der Waals surface area contributed by atoms with Crippen LogP contribution in [0.15, 0.2) is 6.07 Å². The first-order valence-corrected chi connectivity index (χ1v) is 7.65. The second-order valence-corrected chi connectivity index (χ2v) is 6.18. The fourth-order valence-corrected chi connectivity index (χ4v) is 4.01. The van der Waals surface area contributed by atoms with Crippen LogP contribution in [0.25, 0.3) is 0 Å². The van der Waals surface area contributed by atoms with Crippen molar-refractivity contribution < 1.29 is 4.79 Å². The maximum atomic E-state index is 11.9. The molecule has 3 aliphatic rings. The summed E-state index contributed by atoms with van der Waals surface area (Å²) in [5.41, 5.74) is 3.11. The minimum absolute atomic E-state index is 0.0438. The zero-order valence-corrected chi connectivity index (χ0v) is 12.4. The summed E-state index contributed by atoms with van der Waals surface area (Å²) in [4.78, 5) is 14.4. The Morgan fingerprint density at radius 3 is 2.58 bits per heavy atom. The Hall–Kier alpha value is -0.800. The Kier molecular flexibility index (Phi) is 3.44. The molecule has 3 saturated heterocycles. The highest BCUT2D eigenvalue weighted by atomic mass is 35.5. The SMILES string of the molecule is Cc1cc(C(=O)CCl)c(C)n1C1CN2CCC1CC2. The Balaban J connectivity index is 1.97. The van der Waals surface area contributed by atoms with E-state index in [1.54, 1.807) is 0 Å². The van der Waals surface area contributed by atoms with Crippen LogP contribution in [0.1, 0.15) is 40.6 Å². The number of Topliss-reactive ketones (excluding diaryl/α,β-unsaturated/α-hetero) is 1. The monoisotopic (exact) mass is 280 g/mol. The highest BCUT2D eigenvalue weighted by molar-refractivity contribution is 6.30. The molecule has 0 spiro atoms. The first-order valence-electron chi connectivity index (χ1n) is 7.11. The Labute approximate surface area is 119 Å². The number of alkyl halides is 1. The smallest absolute Gasteiger partial charge is 0.179 e. The lowest BCUT2D eigenvalue weighted by Crippen LogP contribution is -2.48. The number of carbonyl (C=O) groups excluding carboxylic acids is 1. The molecule has 3 nitrogen and oxygen atoms in total. The minimum atomic E-state index is 0.0438. The summed E-state index contributed by atoms with van der Waals surface area (Å²) < 4.78 is 2.38. The molecule has 0 amide bonds. The fraction of sp³-hybridized carbons (Fsp3) is 0.667. The van der Waals surface area contributed by atoms with Crippen LogP contribution in [0.3, 0.4) is 0 Å². The van der Waals surface area contributed by atoms with E-state index in [9.17, 15) is 4.79 Å². The van der Waals surface area contributed by atoms with E-state index < -0.39 is 0 Å². The normalized spacial score (nSPS) is 29.7. The number of ketones is 1. The van der Waals surface area contributed by atoms with Gasteiger partial charge in [-0.1, -0.05) is 0 Å². The average molecular weight is 281 g/mol. The summed E-state index contributed by atoms with van der Waals surface area (Å²) >= 11 is 5.70. The predicted molar refractivity (Wildman–Crippen MR) is 77.2 cm³/mol. The number of carbonyl (C=O) groups is 1. The highest BCUT2D eigenvalue weighted by Gasteiger charge is 2.36. The molecule has 0 N–H and O–H groups in total. The van der Waals surface area contributed by atoms with Gasteiger partial charge in [0.05, 0.1) is 5.88 Å². The van der Waals surface area contributed by atoms with Crippen LogP contribution in [0.2, 0.25) is 0 Å². The van der Waals surface area contributed by atoms with E-state index in [-0.39, 0.29) is 11.7 Å². The van der Waals surface area contributed by atoms with Crippen molar-refractivity contribution in [3.8, 4) is 0 Å². The number of fused-ring (bicyclic) bond motifs is 3. The number of aryl methyl sites for hydroxylation is 1. The van der Waals surface area contributed by atoms with Crippen molar-refractivity contribution in [1.29, 1.82) is 0 Å². The third-order valence-electron chi connectivity index (χ3n) is 4.86. The number of aromatic nitrogens is 1. The molecule has 0 aromatic carbocycles. The molecule has 3 aliphatic heterocycles. The zero-order chi connectivity index (χ0) is 13.6. The molecule has 0 aliphatic carbocycles. The van der Waals surface area contributed by atoms with E-state index >= 15 is 0 Å². The number of rotatable bonds is 3. The first-order chi connectivity index (χ1) is 9.11. The molecule has 1 atom stereocenters. The average Bonchev–Trinajstić information content (AvgIpc) is 2.74. The summed E-state index contributed by atoms with van der Waals surface area (Å²) in [5, 5.41) is 0. The number of halogens is 1. The van der Waals surface area contributed by atoms with Crippen LogP contribution in [0.5, 0.6) is 0 Å². The summed E-state index contributed by atoms with van der Waals surface area (Å²) in [6.07, 6.45) is 2.58. The molecule has 1 aromatic rings. The number of hydrogen-bond acceptors (Lipinski definition) is 2. The molecular formula is C15H21ClN2O. The van der Waals surface area contributed by atoms with Crippen molar-refractivity contribution >= 4 is 17.4 Å². The molecule has 3 fully saturated rings. The predicted octanol–water partition coefficient (Wildman–Crippen LogP) is 2.79. The first kappa shape index (κ1) is 13.2. The third kappa shape index (κ3) is 2.13. The summed E-state index contributed by atoms with van der Waals surface area (Å²) in [6.45, 7) is 7.79. The van der Waals surface area contributed by atoms with Gasteiger partial charge < -0.3 is 9.47 Å². The lowest BCUT2D eigenvalue weighted by Gasteiger charge is -2.46. The minimum Gasteiger partial charge on any atom is -0.344 e. The van der Waals surface area contributed by atoms with E-state index in [4.69, 9.17) is 11.6 Å². The molecule has 4 heterocycles. The molecule has 104 valence electrons. The largest absolute Gasteiger partial charge is 0.344 e. The highest BCUT2D eigenvalue weighted by Crippen LogP contribution is 2.38. The van der Waals surface area contributed by atoms with Crippen molar-refractivity contribution in [3.63, 3.8) is 0 Å². The second-order valence-electron chi connectivity index (χ2n) is 5.92. The van der Waals surface area contributed by atoms with Crippen molar-refractivity contribution in [2.45, 2.75) is 32.7 Å². The van der Waals surface area contributed by atoms with Gasteiger partial charge in [0, 0.05) is 29.5 Å². The van der Waals surface area contributed by atoms with Crippen LogP contribution in [-0.4, -0.2) is 40.8 Å². The zero-order valence-electron chi connectivity index (χ0n) is 11.7. The van der Waals surface area contributed by atoms with Crippen molar-refractivity contribution in [3.05, 3.63) is 23.0 Å². The van der Waals surface area contributed by atoms with Gasteiger partial charge in [-0.15, -0.1) is 11.6 Å². The van der Waals surface area contributed by atoms with E-state index in [0.29, 0.717) is 6.04 Å². The van der Waals surface area contributed by atoms with Gasteiger partial charge in [-0.25, -0.2) is 0 Å². The summed E-state index contributed by atoms with van der Waals surface area (Å²) in [6, 6.07) is 2.55. The number of nitrogens with zero attached hydrogens (tertiary/aromatic N) is 2. The second kappa shape index (κ2) is 4.95. The van der Waals surface area contributed by atoms with Gasteiger partial charge in [0.15, 0.2) is 5.78 Å². The van der Waals surface area contributed by atoms with E-state index in [0.717, 1.165) is 23.7 Å². The molecule has 0 saturated carbocycles. The Morgan fingerprint density at radius 2 is 2.05 bits per heavy atom. The molecule has 4 heteroatoms. The molecule has 4 rings (SSSR count). The summed E-state index contributed by atoms with van der Waals surface area (Å²) in [7, 11) is 0. The van der Waals surface area contributed by atoms with Crippen LogP contribution >= 0.6 is 11.6 Å². The molecule has 19 heavy (non-hydrogen) atoms. The maximum Gasteiger partial charge on any atom is 0.179 e. The maximum absolute atomic E-state index is 11.9. The van der Waals surface area contributed by atoms with Gasteiger partial charge in [-0.3, -0.25) is 4.79 Å². The molecule has 2 bridgehead atoms.